The van der Waals surface area contributed by atoms with Crippen LogP contribution in [0.3, 0.4) is 0 Å². The number of fused-ring (bicyclic) bond motifs is 1. The maximum absolute atomic E-state index is 12.8. The molecule has 1 aromatic carbocycles. The molecule has 0 saturated heterocycles. The summed E-state index contributed by atoms with van der Waals surface area (Å²) < 4.78 is 1.06. The van der Waals surface area contributed by atoms with Crippen LogP contribution >= 0.6 is 11.3 Å². The number of pyridine rings is 1. The van der Waals surface area contributed by atoms with Crippen molar-refractivity contribution in [3.05, 3.63) is 64.8 Å². The summed E-state index contributed by atoms with van der Waals surface area (Å²) >= 11 is 1.45. The highest BCUT2D eigenvalue weighted by Crippen LogP contribution is 2.26. The molecule has 0 fully saturated rings. The zero-order valence-corrected chi connectivity index (χ0v) is 15.8. The van der Waals surface area contributed by atoms with E-state index in [-0.39, 0.29) is 11.9 Å². The van der Waals surface area contributed by atoms with Crippen molar-refractivity contribution in [3.63, 3.8) is 0 Å². The largest absolute Gasteiger partial charge is 0.343 e. The molecule has 0 bridgehead atoms. The van der Waals surface area contributed by atoms with E-state index in [4.69, 9.17) is 5.21 Å². The van der Waals surface area contributed by atoms with Gasteiger partial charge >= 0.3 is 0 Å². The van der Waals surface area contributed by atoms with Gasteiger partial charge in [0.05, 0.1) is 16.6 Å². The van der Waals surface area contributed by atoms with E-state index in [9.17, 15) is 9.59 Å². The smallest absolute Gasteiger partial charge is 0.274 e. The second-order valence-electron chi connectivity index (χ2n) is 6.23. The number of nitrogens with one attached hydrogen (secondary N) is 2. The van der Waals surface area contributed by atoms with Gasteiger partial charge in [0.1, 0.15) is 0 Å². The summed E-state index contributed by atoms with van der Waals surface area (Å²) in [7, 11) is 0. The summed E-state index contributed by atoms with van der Waals surface area (Å²) in [6, 6.07) is 12.6. The molecular weight excluding hydrogens is 362 g/mol. The molecule has 1 atom stereocenters. The predicted molar refractivity (Wildman–Crippen MR) is 105 cm³/mol. The molecule has 2 aromatic heterocycles. The van der Waals surface area contributed by atoms with Gasteiger partial charge in [-0.05, 0) is 36.1 Å². The fraction of sp³-hybridized carbons (Fsp3) is 0.250. The van der Waals surface area contributed by atoms with Crippen LogP contribution in [0.2, 0.25) is 0 Å². The van der Waals surface area contributed by atoms with Crippen LogP contribution in [0, 0.1) is 0 Å². The van der Waals surface area contributed by atoms with E-state index < -0.39 is 5.91 Å². The first-order chi connectivity index (χ1) is 13.1. The van der Waals surface area contributed by atoms with Gasteiger partial charge in [-0.15, -0.1) is 11.3 Å². The molecule has 0 unspecified atom stereocenters. The van der Waals surface area contributed by atoms with Gasteiger partial charge in [-0.2, -0.15) is 0 Å². The predicted octanol–water partition coefficient (Wildman–Crippen LogP) is 4.08. The molecule has 140 valence electrons. The van der Waals surface area contributed by atoms with Gasteiger partial charge in [0.15, 0.2) is 0 Å². The van der Waals surface area contributed by atoms with E-state index in [1.54, 1.807) is 11.5 Å². The van der Waals surface area contributed by atoms with E-state index in [1.165, 1.54) is 23.6 Å². The Labute approximate surface area is 161 Å². The molecule has 0 aliphatic rings. The summed E-state index contributed by atoms with van der Waals surface area (Å²) in [5.41, 5.74) is 2.51. The number of carbonyl (C=O) groups is 2. The van der Waals surface area contributed by atoms with Crippen molar-refractivity contribution in [2.75, 3.05) is 0 Å². The first-order valence-corrected chi connectivity index (χ1v) is 9.64. The van der Waals surface area contributed by atoms with Gasteiger partial charge in [0.25, 0.3) is 11.8 Å². The van der Waals surface area contributed by atoms with Crippen molar-refractivity contribution >= 4 is 33.2 Å². The van der Waals surface area contributed by atoms with E-state index in [2.05, 4.69) is 17.2 Å². The van der Waals surface area contributed by atoms with Gasteiger partial charge in [0.2, 0.25) is 0 Å². The molecule has 27 heavy (non-hydrogen) atoms. The Hall–Kier alpha value is -2.77. The zero-order valence-electron chi connectivity index (χ0n) is 14.9. The van der Waals surface area contributed by atoms with Crippen LogP contribution in [0.25, 0.3) is 10.1 Å². The monoisotopic (exact) mass is 383 g/mol. The number of benzene rings is 1. The van der Waals surface area contributed by atoms with Gasteiger partial charge < -0.3 is 5.32 Å². The first kappa shape index (κ1) is 19.0. The third-order valence-corrected chi connectivity index (χ3v) is 5.42. The molecule has 2 heterocycles. The summed E-state index contributed by atoms with van der Waals surface area (Å²) in [5.74, 6) is -0.764. The standard InChI is InChI=1S/C20H21N3O3S/c1-2-3-7-15(16-11-14(9-10-21-16)19(24)23-26)22-20(25)18-12-13-6-4-5-8-17(13)27-18/h4-6,8-12,15,26H,2-3,7H2,1H3,(H,22,25)(H,23,24)/t15-/m0/s1. The normalized spacial score (nSPS) is 11.9. The highest BCUT2D eigenvalue weighted by molar-refractivity contribution is 7.20. The lowest BCUT2D eigenvalue weighted by Gasteiger charge is -2.18. The fourth-order valence-corrected chi connectivity index (χ4v) is 3.84. The van der Waals surface area contributed by atoms with E-state index in [0.717, 1.165) is 22.9 Å². The van der Waals surface area contributed by atoms with Gasteiger partial charge in [-0.1, -0.05) is 38.0 Å². The third-order valence-electron chi connectivity index (χ3n) is 4.30. The lowest BCUT2D eigenvalue weighted by Crippen LogP contribution is -2.29. The Morgan fingerprint density at radius 3 is 2.74 bits per heavy atom. The SMILES string of the molecule is CCCC[C@H](NC(=O)c1cc2ccccc2s1)c1cc(C(=O)NO)ccn1. The quantitative estimate of drug-likeness (QED) is 0.423. The van der Waals surface area contributed by atoms with Crippen molar-refractivity contribution in [1.82, 2.24) is 15.8 Å². The maximum Gasteiger partial charge on any atom is 0.274 e. The van der Waals surface area contributed by atoms with Crippen LogP contribution in [-0.4, -0.2) is 22.0 Å². The minimum absolute atomic E-state index is 0.156. The summed E-state index contributed by atoms with van der Waals surface area (Å²) in [6.45, 7) is 2.08. The molecule has 0 spiro atoms. The summed E-state index contributed by atoms with van der Waals surface area (Å²) in [4.78, 5) is 29.4. The fourth-order valence-electron chi connectivity index (χ4n) is 2.87. The molecule has 3 N–H and O–H groups in total. The van der Waals surface area contributed by atoms with Crippen LogP contribution in [0.4, 0.5) is 0 Å². The highest BCUT2D eigenvalue weighted by Gasteiger charge is 2.19. The zero-order chi connectivity index (χ0) is 19.2. The van der Waals surface area contributed by atoms with Crippen LogP contribution in [-0.2, 0) is 0 Å². The number of thiophene rings is 1. The first-order valence-electron chi connectivity index (χ1n) is 8.82. The van der Waals surface area contributed by atoms with E-state index in [0.29, 0.717) is 22.6 Å². The molecule has 0 radical (unpaired) electrons. The van der Waals surface area contributed by atoms with Crippen LogP contribution < -0.4 is 10.8 Å². The molecule has 7 heteroatoms. The molecule has 0 saturated carbocycles. The Morgan fingerprint density at radius 1 is 1.19 bits per heavy atom. The molecule has 0 aliphatic carbocycles. The molecular formula is C20H21N3O3S. The number of aromatic nitrogens is 1. The van der Waals surface area contributed by atoms with Crippen molar-refractivity contribution in [1.29, 1.82) is 0 Å². The second-order valence-corrected chi connectivity index (χ2v) is 7.31. The lowest BCUT2D eigenvalue weighted by atomic mass is 10.0. The topological polar surface area (TPSA) is 91.3 Å². The van der Waals surface area contributed by atoms with E-state index >= 15 is 0 Å². The molecule has 3 rings (SSSR count). The number of hydrogen-bond acceptors (Lipinski definition) is 5. The number of amides is 2. The van der Waals surface area contributed by atoms with Crippen molar-refractivity contribution < 1.29 is 14.8 Å². The third kappa shape index (κ3) is 4.50. The molecule has 0 aliphatic heterocycles. The minimum atomic E-state index is -0.608. The van der Waals surface area contributed by atoms with Gasteiger partial charge in [-0.3, -0.25) is 19.8 Å². The van der Waals surface area contributed by atoms with Crippen LogP contribution in [0.15, 0.2) is 48.7 Å². The van der Waals surface area contributed by atoms with Crippen LogP contribution in [0.5, 0.6) is 0 Å². The Morgan fingerprint density at radius 2 is 2.00 bits per heavy atom. The number of nitrogens with zero attached hydrogens (tertiary/aromatic N) is 1. The number of hydrogen-bond donors (Lipinski definition) is 3. The summed E-state index contributed by atoms with van der Waals surface area (Å²) in [6.07, 6.45) is 4.11. The Bertz CT molecular complexity index is 921. The van der Waals surface area contributed by atoms with E-state index in [1.807, 2.05) is 30.3 Å². The number of hydroxylamine groups is 1. The average molecular weight is 383 g/mol. The van der Waals surface area contributed by atoms with Crippen molar-refractivity contribution in [2.45, 2.75) is 32.2 Å². The van der Waals surface area contributed by atoms with Gasteiger partial charge in [0, 0.05) is 16.5 Å². The van der Waals surface area contributed by atoms with Crippen LogP contribution in [0.1, 0.15) is 58.0 Å². The maximum atomic E-state index is 12.8. The van der Waals surface area contributed by atoms with Crippen molar-refractivity contribution in [3.8, 4) is 0 Å². The number of rotatable bonds is 7. The summed E-state index contributed by atoms with van der Waals surface area (Å²) in [5, 5.41) is 12.9. The lowest BCUT2D eigenvalue weighted by molar-refractivity contribution is 0.0706. The Kier molecular flexibility index (Phi) is 6.16. The minimum Gasteiger partial charge on any atom is -0.343 e. The Balaban J connectivity index is 1.84. The number of unbranched alkanes of at least 4 members (excludes halogenated alkanes) is 1. The molecule has 2 amide bonds. The van der Waals surface area contributed by atoms with Crippen molar-refractivity contribution in [2.24, 2.45) is 0 Å². The van der Waals surface area contributed by atoms with Gasteiger partial charge in [-0.25, -0.2) is 5.48 Å². The number of carbonyl (C=O) groups excluding carboxylic acids is 2. The molecule has 3 aromatic rings. The molecule has 6 nitrogen and oxygen atoms in total. The highest BCUT2D eigenvalue weighted by atomic mass is 32.1. The average Bonchev–Trinajstić information content (AvgIpc) is 3.15. The second kappa shape index (κ2) is 8.75.